The number of hydrogen-bond donors (Lipinski definition) is 3. The Hall–Kier alpha value is -1.39. The molecule has 0 unspecified atom stereocenters. The molecule has 1 aromatic rings. The number of benzene rings is 1. The smallest absolute Gasteiger partial charge is 0.274 e. The third-order valence-electron chi connectivity index (χ3n) is 6.05. The molecule has 120 valence electrons. The van der Waals surface area contributed by atoms with Gasteiger partial charge in [0.25, 0.3) is 5.91 Å². The molecule has 4 rings (SSSR count). The van der Waals surface area contributed by atoms with Crippen molar-refractivity contribution in [2.45, 2.75) is 39.7 Å². The maximum Gasteiger partial charge on any atom is 0.274 e. The molecule has 1 aromatic carbocycles. The second-order valence-electron chi connectivity index (χ2n) is 7.47. The van der Waals surface area contributed by atoms with E-state index in [1.165, 1.54) is 19.3 Å². The average Bonchev–Trinajstić information content (AvgIpc) is 2.54. The predicted molar refractivity (Wildman–Crippen MR) is 85.5 cm³/mol. The Morgan fingerprint density at radius 3 is 2.59 bits per heavy atom. The molecule has 4 heteroatoms. The van der Waals surface area contributed by atoms with Crippen LogP contribution in [0.1, 0.15) is 49.0 Å². The molecule has 0 radical (unpaired) electrons. The van der Waals surface area contributed by atoms with Gasteiger partial charge in [-0.05, 0) is 66.7 Å². The van der Waals surface area contributed by atoms with Crippen LogP contribution in [0.3, 0.4) is 0 Å². The van der Waals surface area contributed by atoms with Gasteiger partial charge < -0.3 is 5.32 Å². The van der Waals surface area contributed by atoms with Gasteiger partial charge in [0, 0.05) is 12.1 Å². The van der Waals surface area contributed by atoms with Gasteiger partial charge in [-0.2, -0.15) is 0 Å². The summed E-state index contributed by atoms with van der Waals surface area (Å²) in [5.41, 5.74) is 3.83. The second kappa shape index (κ2) is 6.01. The average molecular weight is 302 g/mol. The Labute approximate surface area is 132 Å². The minimum atomic E-state index is -0.469. The van der Waals surface area contributed by atoms with Crippen LogP contribution in [-0.4, -0.2) is 17.7 Å². The lowest BCUT2D eigenvalue weighted by atomic mass is 9.45. The summed E-state index contributed by atoms with van der Waals surface area (Å²) in [5.74, 6) is 2.18. The van der Waals surface area contributed by atoms with E-state index in [9.17, 15) is 4.79 Å². The van der Waals surface area contributed by atoms with Crippen LogP contribution in [-0.2, 0) is 6.54 Å². The summed E-state index contributed by atoms with van der Waals surface area (Å²) in [4.78, 5) is 11.3. The van der Waals surface area contributed by atoms with Crippen molar-refractivity contribution in [3.8, 4) is 0 Å². The van der Waals surface area contributed by atoms with Gasteiger partial charge in [0.1, 0.15) is 0 Å². The molecule has 0 heterocycles. The molecule has 0 aliphatic heterocycles. The number of nitrogens with one attached hydrogen (secondary N) is 2. The monoisotopic (exact) mass is 302 g/mol. The van der Waals surface area contributed by atoms with E-state index >= 15 is 0 Å². The zero-order valence-electron chi connectivity index (χ0n) is 13.4. The Morgan fingerprint density at radius 2 is 2.00 bits per heavy atom. The molecule has 3 atom stereocenters. The quantitative estimate of drug-likeness (QED) is 0.579. The van der Waals surface area contributed by atoms with Crippen molar-refractivity contribution in [1.29, 1.82) is 0 Å². The lowest BCUT2D eigenvalue weighted by molar-refractivity contribution is -0.103. The van der Waals surface area contributed by atoms with E-state index in [0.29, 0.717) is 11.0 Å². The molecule has 0 aromatic heterocycles. The van der Waals surface area contributed by atoms with E-state index in [1.54, 1.807) is 17.6 Å². The molecule has 3 saturated carbocycles. The van der Waals surface area contributed by atoms with E-state index in [1.807, 2.05) is 12.1 Å². The largest absolute Gasteiger partial charge is 0.312 e. The van der Waals surface area contributed by atoms with Crippen molar-refractivity contribution in [2.75, 3.05) is 6.54 Å². The highest BCUT2D eigenvalue weighted by Gasteiger charge is 2.53. The maximum absolute atomic E-state index is 11.3. The van der Waals surface area contributed by atoms with Crippen molar-refractivity contribution in [2.24, 2.45) is 23.2 Å². The minimum Gasteiger partial charge on any atom is -0.312 e. The van der Waals surface area contributed by atoms with Crippen LogP contribution in [0.25, 0.3) is 0 Å². The summed E-state index contributed by atoms with van der Waals surface area (Å²) in [5, 5.41) is 12.2. The van der Waals surface area contributed by atoms with Crippen molar-refractivity contribution in [1.82, 2.24) is 10.8 Å². The number of hydrogen-bond acceptors (Lipinski definition) is 3. The van der Waals surface area contributed by atoms with E-state index in [0.717, 1.165) is 36.4 Å². The molecule has 3 aliphatic carbocycles. The van der Waals surface area contributed by atoms with Crippen LogP contribution in [0.5, 0.6) is 0 Å². The number of hydroxylamine groups is 1. The topological polar surface area (TPSA) is 61.4 Å². The summed E-state index contributed by atoms with van der Waals surface area (Å²) in [7, 11) is 0. The summed E-state index contributed by atoms with van der Waals surface area (Å²) in [6, 6.07) is 7.34. The molecule has 3 fully saturated rings. The van der Waals surface area contributed by atoms with Gasteiger partial charge in [0.15, 0.2) is 0 Å². The first kappa shape index (κ1) is 15.5. The Balaban J connectivity index is 1.48. The summed E-state index contributed by atoms with van der Waals surface area (Å²) in [6.45, 7) is 6.78. The molecule has 1 amide bonds. The highest BCUT2D eigenvalue weighted by atomic mass is 16.5. The highest BCUT2D eigenvalue weighted by molar-refractivity contribution is 5.93. The third kappa shape index (κ3) is 2.77. The van der Waals surface area contributed by atoms with E-state index in [-0.39, 0.29) is 0 Å². The van der Waals surface area contributed by atoms with Gasteiger partial charge in [-0.1, -0.05) is 26.0 Å². The van der Waals surface area contributed by atoms with Crippen LogP contribution >= 0.6 is 0 Å². The molecular formula is C18H26N2O2. The number of rotatable bonds is 5. The fourth-order valence-corrected chi connectivity index (χ4v) is 4.45. The zero-order valence-corrected chi connectivity index (χ0v) is 13.4. The highest BCUT2D eigenvalue weighted by Crippen LogP contribution is 2.61. The predicted octanol–water partition coefficient (Wildman–Crippen LogP) is 2.97. The van der Waals surface area contributed by atoms with Gasteiger partial charge in [0.2, 0.25) is 0 Å². The van der Waals surface area contributed by atoms with Gasteiger partial charge in [-0.3, -0.25) is 10.0 Å². The van der Waals surface area contributed by atoms with Crippen LogP contribution < -0.4 is 10.8 Å². The van der Waals surface area contributed by atoms with E-state index < -0.39 is 5.91 Å². The van der Waals surface area contributed by atoms with Crippen LogP contribution in [0.2, 0.25) is 0 Å². The second-order valence-corrected chi connectivity index (χ2v) is 7.47. The molecular weight excluding hydrogens is 276 g/mol. The first-order chi connectivity index (χ1) is 10.5. The van der Waals surface area contributed by atoms with Crippen molar-refractivity contribution >= 4 is 5.91 Å². The van der Waals surface area contributed by atoms with Crippen molar-refractivity contribution in [3.05, 3.63) is 35.4 Å². The molecule has 2 bridgehead atoms. The molecule has 0 spiro atoms. The van der Waals surface area contributed by atoms with Gasteiger partial charge in [-0.25, -0.2) is 5.48 Å². The fourth-order valence-electron chi connectivity index (χ4n) is 4.45. The lowest BCUT2D eigenvalue weighted by Gasteiger charge is -2.60. The first-order valence-corrected chi connectivity index (χ1v) is 8.26. The molecule has 3 N–H and O–H groups in total. The molecule has 0 saturated heterocycles. The SMILES string of the molecule is CC1(C)[C@@H]2CC[C@@H](CNCc3ccc(C(=O)NO)cc3)[C@H]1C2. The maximum atomic E-state index is 11.3. The summed E-state index contributed by atoms with van der Waals surface area (Å²) < 4.78 is 0. The Kier molecular flexibility index (Phi) is 4.24. The van der Waals surface area contributed by atoms with Gasteiger partial charge >= 0.3 is 0 Å². The standard InChI is InChI=1S/C18H26N2O2/c1-18(2)15-8-7-14(16(18)9-15)11-19-10-12-3-5-13(6-4-12)17(21)20-22/h3-6,14-16,19,22H,7-11H2,1-2H3,(H,20,21)/t14-,15+,16+/m0/s1. The van der Waals surface area contributed by atoms with E-state index in [4.69, 9.17) is 5.21 Å². The van der Waals surface area contributed by atoms with Crippen LogP contribution in [0, 0.1) is 23.2 Å². The number of fused-ring (bicyclic) bond motifs is 2. The summed E-state index contributed by atoms with van der Waals surface area (Å²) >= 11 is 0. The van der Waals surface area contributed by atoms with Crippen molar-refractivity contribution in [3.63, 3.8) is 0 Å². The van der Waals surface area contributed by atoms with Crippen LogP contribution in [0.15, 0.2) is 24.3 Å². The number of carbonyl (C=O) groups is 1. The minimum absolute atomic E-state index is 0.469. The number of amides is 1. The third-order valence-corrected chi connectivity index (χ3v) is 6.05. The summed E-state index contributed by atoms with van der Waals surface area (Å²) in [6.07, 6.45) is 4.17. The first-order valence-electron chi connectivity index (χ1n) is 8.26. The zero-order chi connectivity index (χ0) is 15.7. The normalized spacial score (nSPS) is 28.8. The van der Waals surface area contributed by atoms with E-state index in [2.05, 4.69) is 19.2 Å². The Morgan fingerprint density at radius 1 is 1.27 bits per heavy atom. The van der Waals surface area contributed by atoms with Gasteiger partial charge in [0.05, 0.1) is 0 Å². The Bertz CT molecular complexity index is 537. The number of carbonyl (C=O) groups excluding carboxylic acids is 1. The molecule has 22 heavy (non-hydrogen) atoms. The fraction of sp³-hybridized carbons (Fsp3) is 0.611. The van der Waals surface area contributed by atoms with Crippen LogP contribution in [0.4, 0.5) is 0 Å². The molecule has 3 aliphatic rings. The molecule has 4 nitrogen and oxygen atoms in total. The van der Waals surface area contributed by atoms with Crippen molar-refractivity contribution < 1.29 is 10.0 Å². The van der Waals surface area contributed by atoms with Gasteiger partial charge in [-0.15, -0.1) is 0 Å². The lowest BCUT2D eigenvalue weighted by Crippen LogP contribution is -2.54.